The van der Waals surface area contributed by atoms with E-state index in [2.05, 4.69) is 5.10 Å². The maximum atomic E-state index is 8.45. The van der Waals surface area contributed by atoms with E-state index in [0.29, 0.717) is 5.69 Å². The third-order valence-electron chi connectivity index (χ3n) is 1.40. The molecule has 52 valence electrons. The van der Waals surface area contributed by atoms with Crippen LogP contribution in [0.5, 0.6) is 0 Å². The van der Waals surface area contributed by atoms with Gasteiger partial charge in [0.1, 0.15) is 6.07 Å². The predicted octanol–water partition coefficient (Wildman–Crippen LogP) is 1.08. The number of rotatable bonds is 1. The quantitative estimate of drug-likeness (QED) is 0.578. The van der Waals surface area contributed by atoms with E-state index < -0.39 is 0 Å². The van der Waals surface area contributed by atoms with Crippen LogP contribution in [0.15, 0.2) is 6.07 Å². The van der Waals surface area contributed by atoms with Gasteiger partial charge in [0, 0.05) is 12.2 Å². The zero-order valence-corrected chi connectivity index (χ0v) is 6.13. The molecule has 1 rings (SSSR count). The fourth-order valence-electron chi connectivity index (χ4n) is 0.885. The van der Waals surface area contributed by atoms with Crippen molar-refractivity contribution in [1.29, 1.82) is 5.26 Å². The van der Waals surface area contributed by atoms with Gasteiger partial charge in [0.15, 0.2) is 5.69 Å². The minimum absolute atomic E-state index is 0.499. The summed E-state index contributed by atoms with van der Waals surface area (Å²) < 4.78 is 1.80. The summed E-state index contributed by atoms with van der Waals surface area (Å²) in [4.78, 5) is 0. The van der Waals surface area contributed by atoms with Crippen molar-refractivity contribution in [2.45, 2.75) is 20.4 Å². The Morgan fingerprint density at radius 3 is 2.80 bits per heavy atom. The van der Waals surface area contributed by atoms with E-state index in [1.807, 2.05) is 19.9 Å². The molecule has 0 unspecified atom stereocenters. The van der Waals surface area contributed by atoms with Gasteiger partial charge in [0.25, 0.3) is 0 Å². The molecule has 3 nitrogen and oxygen atoms in total. The number of nitriles is 1. The fourth-order valence-corrected chi connectivity index (χ4v) is 0.885. The maximum absolute atomic E-state index is 8.45. The van der Waals surface area contributed by atoms with Gasteiger partial charge in [-0.25, -0.2) is 0 Å². The maximum Gasteiger partial charge on any atom is 0.162 e. The average molecular weight is 135 g/mol. The second kappa shape index (κ2) is 2.53. The Kier molecular flexibility index (Phi) is 1.72. The highest BCUT2D eigenvalue weighted by Gasteiger charge is 1.99. The van der Waals surface area contributed by atoms with E-state index in [1.165, 1.54) is 0 Å². The Hall–Kier alpha value is -1.30. The summed E-state index contributed by atoms with van der Waals surface area (Å²) in [7, 11) is 0. The summed E-state index contributed by atoms with van der Waals surface area (Å²) in [5.41, 5.74) is 1.54. The Labute approximate surface area is 59.9 Å². The van der Waals surface area contributed by atoms with Gasteiger partial charge in [-0.1, -0.05) is 0 Å². The normalized spacial score (nSPS) is 9.30. The number of hydrogen-bond acceptors (Lipinski definition) is 2. The van der Waals surface area contributed by atoms with Gasteiger partial charge in [-0.3, -0.25) is 4.68 Å². The van der Waals surface area contributed by atoms with Gasteiger partial charge in [0.05, 0.1) is 0 Å². The molecule has 0 aliphatic heterocycles. The van der Waals surface area contributed by atoms with Crippen molar-refractivity contribution >= 4 is 0 Å². The number of aryl methyl sites for hydroxylation is 2. The molecule has 1 aromatic rings. The lowest BCUT2D eigenvalue weighted by Crippen LogP contribution is -1.98. The third-order valence-corrected chi connectivity index (χ3v) is 1.40. The second-order valence-electron chi connectivity index (χ2n) is 2.10. The Bertz CT molecular complexity index is 267. The van der Waals surface area contributed by atoms with Gasteiger partial charge >= 0.3 is 0 Å². The van der Waals surface area contributed by atoms with E-state index >= 15 is 0 Å². The first kappa shape index (κ1) is 6.81. The molecule has 0 saturated carbocycles. The molecule has 0 aromatic carbocycles. The van der Waals surface area contributed by atoms with Crippen molar-refractivity contribution in [2.24, 2.45) is 0 Å². The van der Waals surface area contributed by atoms with Gasteiger partial charge in [0.2, 0.25) is 0 Å². The highest BCUT2D eigenvalue weighted by molar-refractivity contribution is 5.21. The summed E-state index contributed by atoms with van der Waals surface area (Å²) in [6, 6.07) is 3.77. The lowest BCUT2D eigenvalue weighted by molar-refractivity contribution is 0.637. The van der Waals surface area contributed by atoms with Crippen LogP contribution in [-0.2, 0) is 6.54 Å². The Balaban J connectivity index is 3.07. The van der Waals surface area contributed by atoms with Crippen LogP contribution in [0.1, 0.15) is 18.3 Å². The van der Waals surface area contributed by atoms with Gasteiger partial charge < -0.3 is 0 Å². The summed E-state index contributed by atoms with van der Waals surface area (Å²) in [5, 5.41) is 12.4. The molecule has 0 atom stereocenters. The highest BCUT2D eigenvalue weighted by atomic mass is 15.3. The number of aromatic nitrogens is 2. The van der Waals surface area contributed by atoms with Crippen LogP contribution in [0.2, 0.25) is 0 Å². The van der Waals surface area contributed by atoms with E-state index in [-0.39, 0.29) is 0 Å². The summed E-state index contributed by atoms with van der Waals surface area (Å²) in [6.45, 7) is 4.77. The zero-order chi connectivity index (χ0) is 7.56. The van der Waals surface area contributed by atoms with Crippen LogP contribution >= 0.6 is 0 Å². The first-order valence-electron chi connectivity index (χ1n) is 3.22. The minimum Gasteiger partial charge on any atom is -0.269 e. The molecule has 0 spiro atoms. The first-order chi connectivity index (χ1) is 4.77. The van der Waals surface area contributed by atoms with E-state index in [9.17, 15) is 0 Å². The monoisotopic (exact) mass is 135 g/mol. The molecule has 0 amide bonds. The molecular formula is C7H9N3. The molecule has 3 heteroatoms. The largest absolute Gasteiger partial charge is 0.269 e. The van der Waals surface area contributed by atoms with Crippen molar-refractivity contribution in [3.05, 3.63) is 17.5 Å². The topological polar surface area (TPSA) is 41.6 Å². The van der Waals surface area contributed by atoms with Crippen LogP contribution in [0.3, 0.4) is 0 Å². The van der Waals surface area contributed by atoms with E-state index in [4.69, 9.17) is 5.26 Å². The summed E-state index contributed by atoms with van der Waals surface area (Å²) in [5.74, 6) is 0. The van der Waals surface area contributed by atoms with Crippen LogP contribution in [0.4, 0.5) is 0 Å². The van der Waals surface area contributed by atoms with Gasteiger partial charge in [-0.2, -0.15) is 10.4 Å². The van der Waals surface area contributed by atoms with Gasteiger partial charge in [-0.05, 0) is 19.9 Å². The number of nitrogens with zero attached hydrogens (tertiary/aromatic N) is 3. The standard InChI is InChI=1S/C7H9N3/c1-3-10-6(2)4-7(5-8)9-10/h4H,3H2,1-2H3. The van der Waals surface area contributed by atoms with Crippen LogP contribution in [0, 0.1) is 18.3 Å². The van der Waals surface area contributed by atoms with Crippen LogP contribution in [0.25, 0.3) is 0 Å². The minimum atomic E-state index is 0.499. The fraction of sp³-hybridized carbons (Fsp3) is 0.429. The highest BCUT2D eigenvalue weighted by Crippen LogP contribution is 2.00. The van der Waals surface area contributed by atoms with Crippen molar-refractivity contribution in [3.63, 3.8) is 0 Å². The summed E-state index contributed by atoms with van der Waals surface area (Å²) in [6.07, 6.45) is 0. The smallest absolute Gasteiger partial charge is 0.162 e. The Morgan fingerprint density at radius 2 is 2.50 bits per heavy atom. The SMILES string of the molecule is CCn1nc(C#N)cc1C. The van der Waals surface area contributed by atoms with Crippen molar-refractivity contribution in [3.8, 4) is 6.07 Å². The summed E-state index contributed by atoms with van der Waals surface area (Å²) >= 11 is 0. The van der Waals surface area contributed by atoms with Crippen molar-refractivity contribution in [1.82, 2.24) is 9.78 Å². The first-order valence-corrected chi connectivity index (χ1v) is 3.22. The molecule has 0 bridgehead atoms. The molecule has 0 aliphatic carbocycles. The lowest BCUT2D eigenvalue weighted by Gasteiger charge is -1.94. The molecule has 10 heavy (non-hydrogen) atoms. The number of hydrogen-bond donors (Lipinski definition) is 0. The molecule has 1 aromatic heterocycles. The second-order valence-corrected chi connectivity index (χ2v) is 2.10. The Morgan fingerprint density at radius 1 is 1.80 bits per heavy atom. The molecule has 1 heterocycles. The van der Waals surface area contributed by atoms with Gasteiger partial charge in [-0.15, -0.1) is 0 Å². The lowest BCUT2D eigenvalue weighted by atomic mass is 10.4. The average Bonchev–Trinajstić information content (AvgIpc) is 2.30. The molecule has 0 fully saturated rings. The van der Waals surface area contributed by atoms with Crippen LogP contribution in [-0.4, -0.2) is 9.78 Å². The molecule has 0 aliphatic rings. The van der Waals surface area contributed by atoms with Crippen LogP contribution < -0.4 is 0 Å². The third kappa shape index (κ3) is 1.01. The molecule has 0 radical (unpaired) electrons. The van der Waals surface area contributed by atoms with E-state index in [0.717, 1.165) is 12.2 Å². The van der Waals surface area contributed by atoms with E-state index in [1.54, 1.807) is 10.7 Å². The predicted molar refractivity (Wildman–Crippen MR) is 37.4 cm³/mol. The molecule has 0 N–H and O–H groups in total. The van der Waals surface area contributed by atoms with Crippen molar-refractivity contribution < 1.29 is 0 Å². The molecule has 0 saturated heterocycles. The molecular weight excluding hydrogens is 126 g/mol. The van der Waals surface area contributed by atoms with Crippen molar-refractivity contribution in [2.75, 3.05) is 0 Å². The zero-order valence-electron chi connectivity index (χ0n) is 6.13.